The monoisotopic (exact) mass is 382 g/mol. The lowest BCUT2D eigenvalue weighted by molar-refractivity contribution is -0.144. The standard InChI is InChI=1S/C21H26N4O3/c1-12(2)25-11-16(10-22-25)15-8-17-21(13(3)24(5)23-17)19(9-15)27-14(4)18-6-7-20(26)28-18/h8-12,14,18H,6-7H2,1-5H3/t14-,18-/m1/s1. The third-order valence-corrected chi connectivity index (χ3v) is 5.40. The fourth-order valence-electron chi connectivity index (χ4n) is 3.62. The van der Waals surface area contributed by atoms with E-state index in [1.807, 2.05) is 48.7 Å². The van der Waals surface area contributed by atoms with Gasteiger partial charge in [-0.1, -0.05) is 0 Å². The summed E-state index contributed by atoms with van der Waals surface area (Å²) in [6, 6.07) is 4.39. The van der Waals surface area contributed by atoms with Gasteiger partial charge in [0.05, 0.1) is 17.1 Å². The number of benzene rings is 1. The summed E-state index contributed by atoms with van der Waals surface area (Å²) in [5.41, 5.74) is 3.93. The van der Waals surface area contributed by atoms with E-state index in [1.54, 1.807) is 0 Å². The summed E-state index contributed by atoms with van der Waals surface area (Å²) in [5, 5.41) is 10.1. The zero-order valence-corrected chi connectivity index (χ0v) is 17.0. The van der Waals surface area contributed by atoms with Crippen LogP contribution in [0.25, 0.3) is 22.0 Å². The highest BCUT2D eigenvalue weighted by Crippen LogP contribution is 2.35. The molecule has 0 saturated carbocycles. The first-order chi connectivity index (χ1) is 13.3. The molecule has 4 rings (SSSR count). The van der Waals surface area contributed by atoms with E-state index in [9.17, 15) is 4.79 Å². The Hall–Kier alpha value is -2.83. The highest BCUT2D eigenvalue weighted by Gasteiger charge is 2.30. The number of aromatic nitrogens is 4. The van der Waals surface area contributed by atoms with Crippen LogP contribution in [-0.2, 0) is 16.6 Å². The molecule has 0 bridgehead atoms. The highest BCUT2D eigenvalue weighted by atomic mass is 16.6. The second kappa shape index (κ2) is 6.96. The van der Waals surface area contributed by atoms with E-state index >= 15 is 0 Å². The molecule has 0 unspecified atom stereocenters. The van der Waals surface area contributed by atoms with E-state index in [0.29, 0.717) is 18.9 Å². The molecule has 1 aliphatic rings. The van der Waals surface area contributed by atoms with Gasteiger partial charge in [-0.3, -0.25) is 14.2 Å². The van der Waals surface area contributed by atoms with Crippen LogP contribution < -0.4 is 4.74 Å². The van der Waals surface area contributed by atoms with Gasteiger partial charge in [-0.25, -0.2) is 0 Å². The van der Waals surface area contributed by atoms with Crippen LogP contribution >= 0.6 is 0 Å². The third kappa shape index (κ3) is 3.25. The number of hydrogen-bond donors (Lipinski definition) is 0. The number of nitrogens with zero attached hydrogens (tertiary/aromatic N) is 4. The highest BCUT2D eigenvalue weighted by molar-refractivity contribution is 5.92. The largest absolute Gasteiger partial charge is 0.486 e. The number of ether oxygens (including phenoxy) is 2. The van der Waals surface area contributed by atoms with Crippen molar-refractivity contribution in [2.24, 2.45) is 7.05 Å². The molecule has 0 radical (unpaired) electrons. The van der Waals surface area contributed by atoms with Gasteiger partial charge in [-0.15, -0.1) is 0 Å². The van der Waals surface area contributed by atoms with Gasteiger partial charge in [0.1, 0.15) is 18.0 Å². The second-order valence-electron chi connectivity index (χ2n) is 7.77. The summed E-state index contributed by atoms with van der Waals surface area (Å²) in [6.07, 6.45) is 4.59. The third-order valence-electron chi connectivity index (χ3n) is 5.40. The maximum absolute atomic E-state index is 11.5. The molecule has 1 saturated heterocycles. The van der Waals surface area contributed by atoms with E-state index in [-0.39, 0.29) is 18.2 Å². The molecule has 28 heavy (non-hydrogen) atoms. The lowest BCUT2D eigenvalue weighted by Gasteiger charge is -2.21. The fourth-order valence-corrected chi connectivity index (χ4v) is 3.62. The van der Waals surface area contributed by atoms with Crippen LogP contribution in [-0.4, -0.2) is 37.7 Å². The van der Waals surface area contributed by atoms with Crippen molar-refractivity contribution in [3.05, 3.63) is 30.2 Å². The molecule has 7 nitrogen and oxygen atoms in total. The molecule has 3 aromatic rings. The van der Waals surface area contributed by atoms with E-state index in [0.717, 1.165) is 33.5 Å². The number of fused-ring (bicyclic) bond motifs is 1. The van der Waals surface area contributed by atoms with Crippen molar-refractivity contribution in [1.82, 2.24) is 19.6 Å². The van der Waals surface area contributed by atoms with Crippen molar-refractivity contribution in [3.63, 3.8) is 0 Å². The fraction of sp³-hybridized carbons (Fsp3) is 0.476. The zero-order valence-electron chi connectivity index (χ0n) is 17.0. The van der Waals surface area contributed by atoms with Crippen molar-refractivity contribution in [3.8, 4) is 16.9 Å². The van der Waals surface area contributed by atoms with Crippen molar-refractivity contribution < 1.29 is 14.3 Å². The smallest absolute Gasteiger partial charge is 0.306 e. The number of carbonyl (C=O) groups is 1. The molecule has 0 N–H and O–H groups in total. The molecule has 7 heteroatoms. The summed E-state index contributed by atoms with van der Waals surface area (Å²) in [4.78, 5) is 11.5. The Balaban J connectivity index is 1.75. The van der Waals surface area contributed by atoms with Crippen molar-refractivity contribution in [2.75, 3.05) is 0 Å². The summed E-state index contributed by atoms with van der Waals surface area (Å²) < 4.78 is 15.5. The lowest BCUT2D eigenvalue weighted by atomic mass is 10.1. The molecule has 1 fully saturated rings. The van der Waals surface area contributed by atoms with Crippen LogP contribution in [0.15, 0.2) is 24.5 Å². The SMILES string of the molecule is Cc1c2c(O[C@H](C)[C@H]3CCC(=O)O3)cc(-c3cnn(C(C)C)c3)cc2nn1C. The summed E-state index contributed by atoms with van der Waals surface area (Å²) in [6.45, 7) is 8.17. The average Bonchev–Trinajstić information content (AvgIpc) is 3.35. The summed E-state index contributed by atoms with van der Waals surface area (Å²) >= 11 is 0. The molecular formula is C21H26N4O3. The van der Waals surface area contributed by atoms with Crippen molar-refractivity contribution in [2.45, 2.75) is 58.8 Å². The van der Waals surface area contributed by atoms with Gasteiger partial charge in [0.2, 0.25) is 0 Å². The predicted octanol–water partition coefficient (Wildman–Crippen LogP) is 3.80. The molecule has 0 aliphatic carbocycles. The maximum Gasteiger partial charge on any atom is 0.306 e. The van der Waals surface area contributed by atoms with Crippen LogP contribution in [0, 0.1) is 6.92 Å². The van der Waals surface area contributed by atoms with Crippen molar-refractivity contribution in [1.29, 1.82) is 0 Å². The molecule has 148 valence electrons. The lowest BCUT2D eigenvalue weighted by Crippen LogP contribution is -2.28. The maximum atomic E-state index is 11.5. The van der Waals surface area contributed by atoms with Gasteiger partial charge in [0, 0.05) is 37.0 Å². The molecule has 2 aromatic heterocycles. The normalized spacial score (nSPS) is 18.1. The van der Waals surface area contributed by atoms with Gasteiger partial charge in [0.25, 0.3) is 0 Å². The Kier molecular flexibility index (Phi) is 4.61. The first-order valence-electron chi connectivity index (χ1n) is 9.71. The minimum atomic E-state index is -0.233. The number of esters is 1. The Bertz CT molecular complexity index is 1030. The summed E-state index contributed by atoms with van der Waals surface area (Å²) in [5.74, 6) is 0.601. The Morgan fingerprint density at radius 1 is 1.25 bits per heavy atom. The molecule has 1 aromatic carbocycles. The van der Waals surface area contributed by atoms with Crippen LogP contribution in [0.4, 0.5) is 0 Å². The van der Waals surface area contributed by atoms with Crippen LogP contribution in [0.5, 0.6) is 5.75 Å². The van der Waals surface area contributed by atoms with Gasteiger partial charge >= 0.3 is 5.97 Å². The number of cyclic esters (lactones) is 1. The van der Waals surface area contributed by atoms with E-state index in [1.165, 1.54) is 0 Å². The van der Waals surface area contributed by atoms with Gasteiger partial charge in [-0.05, 0) is 51.8 Å². The van der Waals surface area contributed by atoms with Gasteiger partial charge in [0.15, 0.2) is 0 Å². The van der Waals surface area contributed by atoms with Gasteiger partial charge in [-0.2, -0.15) is 10.2 Å². The van der Waals surface area contributed by atoms with Crippen LogP contribution in [0.1, 0.15) is 45.3 Å². The number of aryl methyl sites for hydroxylation is 2. The predicted molar refractivity (Wildman–Crippen MR) is 106 cm³/mol. The van der Waals surface area contributed by atoms with Gasteiger partial charge < -0.3 is 9.47 Å². The number of rotatable bonds is 5. The topological polar surface area (TPSA) is 71.2 Å². The van der Waals surface area contributed by atoms with Crippen LogP contribution in [0.3, 0.4) is 0 Å². The molecule has 0 spiro atoms. The molecule has 3 heterocycles. The molecule has 2 atom stereocenters. The van der Waals surface area contributed by atoms with E-state index in [2.05, 4.69) is 30.1 Å². The molecular weight excluding hydrogens is 356 g/mol. The Labute approximate surface area is 164 Å². The zero-order chi connectivity index (χ0) is 20.0. The molecule has 1 aliphatic heterocycles. The van der Waals surface area contributed by atoms with Crippen LogP contribution in [0.2, 0.25) is 0 Å². The van der Waals surface area contributed by atoms with Crippen molar-refractivity contribution >= 4 is 16.9 Å². The average molecular weight is 382 g/mol. The van der Waals surface area contributed by atoms with E-state index in [4.69, 9.17) is 9.47 Å². The minimum Gasteiger partial charge on any atom is -0.486 e. The first kappa shape index (κ1) is 18.5. The molecule has 0 amide bonds. The first-order valence-corrected chi connectivity index (χ1v) is 9.71. The summed E-state index contributed by atoms with van der Waals surface area (Å²) in [7, 11) is 1.93. The number of carbonyl (C=O) groups excluding carboxylic acids is 1. The second-order valence-corrected chi connectivity index (χ2v) is 7.77. The minimum absolute atomic E-state index is 0.155. The quantitative estimate of drug-likeness (QED) is 0.628. The van der Waals surface area contributed by atoms with E-state index < -0.39 is 0 Å². The Morgan fingerprint density at radius 3 is 2.68 bits per heavy atom. The Morgan fingerprint density at radius 2 is 2.04 bits per heavy atom. The number of hydrogen-bond acceptors (Lipinski definition) is 5.